The summed E-state index contributed by atoms with van der Waals surface area (Å²) in [6, 6.07) is 0. The van der Waals surface area contributed by atoms with Gasteiger partial charge in [0.25, 0.3) is 0 Å². The van der Waals surface area contributed by atoms with E-state index in [1.807, 2.05) is 0 Å². The third-order valence-electron chi connectivity index (χ3n) is 0.178. The van der Waals surface area contributed by atoms with Crippen molar-refractivity contribution in [1.29, 1.82) is 0 Å². The Hall–Kier alpha value is 1.89. The van der Waals surface area contributed by atoms with Gasteiger partial charge in [0.15, 0.2) is 0 Å². The molecule has 0 rings (SSSR count). The first kappa shape index (κ1) is 6.89. The number of halogens is 2. The van der Waals surface area contributed by atoms with Crippen molar-refractivity contribution in [3.63, 3.8) is 0 Å². The van der Waals surface area contributed by atoms with Gasteiger partial charge < -0.3 is 0 Å². The quantitative estimate of drug-likeness (QED) is 0.395. The molecule has 0 radical (unpaired) electrons. The summed E-state index contributed by atoms with van der Waals surface area (Å²) in [6.45, 7) is 0. The maximum Gasteiger partial charge on any atom is 0.0660 e. The molecule has 32 valence electrons. The molecular weight excluding hydrogens is 309 g/mol. The molecule has 0 saturated carbocycles. The Balaban J connectivity index is 2.54. The van der Waals surface area contributed by atoms with Gasteiger partial charge in [0.05, 0.1) is 1.93 Å². The van der Waals surface area contributed by atoms with Crippen molar-refractivity contribution >= 4 is 54.4 Å². The molecule has 0 saturated heterocycles. The molecule has 0 nitrogen and oxygen atoms in total. The minimum absolute atomic E-state index is 0.787. The molecule has 0 aliphatic heterocycles. The predicted octanol–water partition coefficient (Wildman–Crippen LogP) is 2.06. The molecule has 5 heavy (non-hydrogen) atoms. The monoisotopic (exact) mass is 314 g/mol. The van der Waals surface area contributed by atoms with Gasteiger partial charge in [-0.3, -0.25) is 0 Å². The summed E-state index contributed by atoms with van der Waals surface area (Å²) in [5.41, 5.74) is 0. The minimum Gasteiger partial charge on any atom is -0.136 e. The highest BCUT2D eigenvalue weighted by molar-refractivity contribution is 14.2. The summed E-state index contributed by atoms with van der Waals surface area (Å²) in [4.78, 5) is 0. The fourth-order valence-corrected chi connectivity index (χ4v) is 0. The highest BCUT2D eigenvalue weighted by atomic mass is 127. The van der Waals surface area contributed by atoms with E-state index in [1.54, 1.807) is 0 Å². The Kier molecular flexibility index (Phi) is 5.59. The average Bonchev–Trinajstić information content (AvgIpc) is 1.38. The molecule has 1 unspecified atom stereocenters. The van der Waals surface area contributed by atoms with Crippen molar-refractivity contribution in [3.8, 4) is 0 Å². The van der Waals surface area contributed by atoms with E-state index >= 15 is 0 Å². The fraction of sp³-hybridized carbons (Fsp3) is 1.00. The first-order valence-corrected chi connectivity index (χ1v) is 4.56. The lowest BCUT2D eigenvalue weighted by Crippen LogP contribution is -1.78. The van der Waals surface area contributed by atoms with Gasteiger partial charge in [0.1, 0.15) is 0 Å². The largest absolute Gasteiger partial charge is 0.136 e. The Morgan fingerprint density at radius 3 is 1.80 bits per heavy atom. The first-order chi connectivity index (χ1) is 2.27. The summed E-state index contributed by atoms with van der Waals surface area (Å²) in [6.07, 6.45) is 1.20. The van der Waals surface area contributed by atoms with Crippen LogP contribution >= 0.6 is 54.4 Å². The molecular formula is C2H5I2P. The zero-order valence-corrected chi connectivity index (χ0v) is 8.09. The third kappa shape index (κ3) is 5.89. The Morgan fingerprint density at radius 1 is 1.60 bits per heavy atom. The van der Waals surface area contributed by atoms with Crippen molar-refractivity contribution in [2.24, 2.45) is 0 Å². The normalized spacial score (nSPS) is 9.60. The lowest BCUT2D eigenvalue weighted by molar-refractivity contribution is 1.57. The molecule has 0 N–H and O–H groups in total. The Morgan fingerprint density at radius 2 is 1.80 bits per heavy atom. The van der Waals surface area contributed by atoms with Crippen LogP contribution in [0.4, 0.5) is 0 Å². The van der Waals surface area contributed by atoms with Crippen LogP contribution in [0.25, 0.3) is 0 Å². The second kappa shape index (κ2) is 4.06. The second-order valence-electron chi connectivity index (χ2n) is 0.627. The zero-order valence-electron chi connectivity index (χ0n) is 2.62. The van der Waals surface area contributed by atoms with Gasteiger partial charge in [-0.25, -0.2) is 0 Å². The summed E-state index contributed by atoms with van der Waals surface area (Å²) in [7, 11) is 2.68. The molecule has 3 heteroatoms. The summed E-state index contributed by atoms with van der Waals surface area (Å²) < 4.78 is 0.787. The zero-order chi connectivity index (χ0) is 4.28. The molecule has 0 amide bonds. The van der Waals surface area contributed by atoms with E-state index in [4.69, 9.17) is 0 Å². The molecule has 1 atom stereocenters. The molecule has 0 bridgehead atoms. The Labute approximate surface area is 62.0 Å². The van der Waals surface area contributed by atoms with Crippen molar-refractivity contribution in [3.05, 3.63) is 0 Å². The molecule has 0 aromatic rings. The number of hydrogen-bond donors (Lipinski definition) is 0. The van der Waals surface area contributed by atoms with E-state index in [2.05, 4.69) is 54.4 Å². The highest BCUT2D eigenvalue weighted by Crippen LogP contribution is 2.11. The molecule has 0 spiro atoms. The minimum atomic E-state index is 0.787. The van der Waals surface area contributed by atoms with Crippen LogP contribution in [-0.4, -0.2) is 8.09 Å². The fourth-order valence-electron chi connectivity index (χ4n) is 0. The van der Waals surface area contributed by atoms with Crippen molar-refractivity contribution < 1.29 is 0 Å². The third-order valence-corrected chi connectivity index (χ3v) is 3.59. The number of hydrogen-bond acceptors (Lipinski definition) is 0. The molecule has 0 fully saturated rings. The predicted molar refractivity (Wildman–Crippen MR) is 46.4 cm³/mol. The van der Waals surface area contributed by atoms with Crippen molar-refractivity contribution in [2.45, 2.75) is 1.93 Å². The highest BCUT2D eigenvalue weighted by Gasteiger charge is 1.85. The van der Waals surface area contributed by atoms with Crippen molar-refractivity contribution in [2.75, 3.05) is 6.16 Å². The van der Waals surface area contributed by atoms with Crippen LogP contribution in [0.2, 0.25) is 0 Å². The summed E-state index contributed by atoms with van der Waals surface area (Å²) in [5, 5.41) is 0. The van der Waals surface area contributed by atoms with Gasteiger partial charge >= 0.3 is 0 Å². The van der Waals surface area contributed by atoms with Gasteiger partial charge in [-0.2, -0.15) is 0 Å². The summed E-state index contributed by atoms with van der Waals surface area (Å²) >= 11 is 4.74. The van der Waals surface area contributed by atoms with E-state index in [0.29, 0.717) is 0 Å². The first-order valence-electron chi connectivity index (χ1n) is 1.25. The average molecular weight is 314 g/mol. The van der Waals surface area contributed by atoms with Crippen LogP contribution in [0.1, 0.15) is 0 Å². The van der Waals surface area contributed by atoms with E-state index < -0.39 is 0 Å². The van der Waals surface area contributed by atoms with Crippen LogP contribution in [0.3, 0.4) is 0 Å². The molecule has 0 aliphatic rings. The maximum absolute atomic E-state index is 2.68. The lowest BCUT2D eigenvalue weighted by atomic mass is 11.0. The summed E-state index contributed by atoms with van der Waals surface area (Å²) in [5.74, 6) is 0. The smallest absolute Gasteiger partial charge is 0.0660 e. The molecule has 0 heterocycles. The van der Waals surface area contributed by atoms with E-state index in [1.165, 1.54) is 6.16 Å². The van der Waals surface area contributed by atoms with E-state index in [-0.39, 0.29) is 0 Å². The van der Waals surface area contributed by atoms with Gasteiger partial charge in [0, 0.05) is 0 Å². The van der Waals surface area contributed by atoms with Gasteiger partial charge in [-0.15, -0.1) is 9.24 Å². The van der Waals surface area contributed by atoms with Gasteiger partial charge in [0.2, 0.25) is 0 Å². The number of alkyl halides is 2. The van der Waals surface area contributed by atoms with Crippen LogP contribution < -0.4 is 0 Å². The van der Waals surface area contributed by atoms with Crippen LogP contribution in [0.15, 0.2) is 0 Å². The van der Waals surface area contributed by atoms with E-state index in [9.17, 15) is 0 Å². The molecule has 0 aromatic heterocycles. The second-order valence-corrected chi connectivity index (χ2v) is 6.49. The van der Waals surface area contributed by atoms with E-state index in [0.717, 1.165) is 1.93 Å². The van der Waals surface area contributed by atoms with Crippen LogP contribution in [0, 0.1) is 0 Å². The van der Waals surface area contributed by atoms with Crippen molar-refractivity contribution in [1.82, 2.24) is 0 Å². The number of rotatable bonds is 1. The Bertz CT molecular complexity index is 21.6. The lowest BCUT2D eigenvalue weighted by Gasteiger charge is -1.85. The topological polar surface area (TPSA) is 0 Å². The maximum atomic E-state index is 2.68. The van der Waals surface area contributed by atoms with Gasteiger partial charge in [-0.05, 0) is 6.16 Å². The van der Waals surface area contributed by atoms with Crippen LogP contribution in [-0.2, 0) is 0 Å². The molecule has 0 aliphatic carbocycles. The standard InChI is InChI=1S/C2H5I2P/c3-2(4)1-5/h2H,1,5H2. The SMILES string of the molecule is PCC(I)I. The van der Waals surface area contributed by atoms with Gasteiger partial charge in [-0.1, -0.05) is 45.2 Å². The van der Waals surface area contributed by atoms with Crippen LogP contribution in [0.5, 0.6) is 0 Å². The molecule has 0 aromatic carbocycles.